The van der Waals surface area contributed by atoms with Crippen molar-refractivity contribution in [1.29, 1.82) is 0 Å². The number of Topliss-reactive ketones (excluding diaryl/α,β-unsaturated/α-hetero) is 1. The van der Waals surface area contributed by atoms with Crippen molar-refractivity contribution in [1.82, 2.24) is 9.88 Å². The number of carbonyl (C=O) groups excluding carboxylic acids is 1. The van der Waals surface area contributed by atoms with Gasteiger partial charge in [0.25, 0.3) is 0 Å². The lowest BCUT2D eigenvalue weighted by molar-refractivity contribution is -0.110. The van der Waals surface area contributed by atoms with E-state index in [0.717, 1.165) is 31.4 Å². The van der Waals surface area contributed by atoms with Gasteiger partial charge in [-0.05, 0) is 51.1 Å². The minimum absolute atomic E-state index is 0.148. The highest BCUT2D eigenvalue weighted by molar-refractivity contribution is 6.04. The predicted molar refractivity (Wildman–Crippen MR) is 105 cm³/mol. The summed E-state index contributed by atoms with van der Waals surface area (Å²) in [4.78, 5) is 19.9. The van der Waals surface area contributed by atoms with Crippen molar-refractivity contribution in [3.8, 4) is 0 Å². The van der Waals surface area contributed by atoms with Crippen molar-refractivity contribution in [2.45, 2.75) is 43.4 Å². The molecule has 6 heteroatoms. The number of aromatic nitrogens is 1. The Labute approximate surface area is 169 Å². The van der Waals surface area contributed by atoms with Gasteiger partial charge in [0.15, 0.2) is 11.4 Å². The molecular formula is C23H24N2O4. The summed E-state index contributed by atoms with van der Waals surface area (Å²) in [7, 11) is 2.15. The van der Waals surface area contributed by atoms with Gasteiger partial charge in [-0.2, -0.15) is 0 Å². The Kier molecular flexibility index (Phi) is 3.35. The van der Waals surface area contributed by atoms with Gasteiger partial charge in [-0.3, -0.25) is 9.78 Å². The van der Waals surface area contributed by atoms with Gasteiger partial charge in [0.1, 0.15) is 11.9 Å². The van der Waals surface area contributed by atoms with Crippen molar-refractivity contribution < 1.29 is 19.7 Å². The molecule has 3 aliphatic carbocycles. The average molecular weight is 392 g/mol. The lowest BCUT2D eigenvalue weighted by Gasteiger charge is -2.58. The molecular weight excluding hydrogens is 368 g/mol. The number of nitrogens with zero attached hydrogens (tertiary/aromatic N) is 2. The number of hydrogen-bond donors (Lipinski definition) is 2. The van der Waals surface area contributed by atoms with Crippen molar-refractivity contribution >= 4 is 5.78 Å². The van der Waals surface area contributed by atoms with Gasteiger partial charge in [0.2, 0.25) is 5.78 Å². The van der Waals surface area contributed by atoms with Crippen molar-refractivity contribution in [3.05, 3.63) is 64.9 Å². The fourth-order valence-corrected chi connectivity index (χ4v) is 6.53. The number of likely N-dealkylation sites (tertiary alicyclic amines) is 1. The van der Waals surface area contributed by atoms with Crippen LogP contribution in [0.5, 0.6) is 0 Å². The predicted octanol–water partition coefficient (Wildman–Crippen LogP) is 2.53. The molecule has 0 amide bonds. The molecule has 5 atom stereocenters. The summed E-state index contributed by atoms with van der Waals surface area (Å²) in [5, 5.41) is 22.4. The van der Waals surface area contributed by atoms with Gasteiger partial charge in [-0.1, -0.05) is 11.6 Å². The minimum Gasteiger partial charge on any atom is -0.508 e. The van der Waals surface area contributed by atoms with Crippen LogP contribution >= 0.6 is 0 Å². The van der Waals surface area contributed by atoms with E-state index in [1.54, 1.807) is 24.4 Å². The number of allylic oxidation sites excluding steroid dienone is 2. The first-order valence-electron chi connectivity index (χ1n) is 10.4. The molecule has 1 aromatic heterocycles. The number of piperidine rings is 1. The maximum atomic E-state index is 13.5. The normalized spacial score (nSPS) is 40.0. The number of carbonyl (C=O) groups is 1. The van der Waals surface area contributed by atoms with Crippen LogP contribution in [-0.2, 0) is 4.74 Å². The monoisotopic (exact) mass is 392 g/mol. The van der Waals surface area contributed by atoms with Crippen LogP contribution < -0.4 is 0 Å². The molecule has 2 bridgehead atoms. The Morgan fingerprint density at radius 2 is 2.24 bits per heavy atom. The van der Waals surface area contributed by atoms with E-state index >= 15 is 0 Å². The molecule has 6 rings (SSSR count). The van der Waals surface area contributed by atoms with Gasteiger partial charge < -0.3 is 19.8 Å². The molecule has 3 heterocycles. The van der Waals surface area contributed by atoms with Gasteiger partial charge in [0, 0.05) is 47.3 Å². The molecule has 0 saturated carbocycles. The number of rotatable bonds is 2. The Balaban J connectivity index is 1.58. The second-order valence-electron chi connectivity index (χ2n) is 9.08. The van der Waals surface area contributed by atoms with E-state index in [9.17, 15) is 15.0 Å². The molecule has 29 heavy (non-hydrogen) atoms. The molecule has 0 aromatic carbocycles. The molecule has 1 spiro atoms. The quantitative estimate of drug-likeness (QED) is 0.595. The average Bonchev–Trinajstić information content (AvgIpc) is 3.10. The van der Waals surface area contributed by atoms with Crippen molar-refractivity contribution in [3.63, 3.8) is 0 Å². The van der Waals surface area contributed by atoms with Crippen LogP contribution in [0.15, 0.2) is 59.3 Å². The molecule has 1 aromatic rings. The summed E-state index contributed by atoms with van der Waals surface area (Å²) in [6, 6.07) is 3.69. The van der Waals surface area contributed by atoms with Crippen LogP contribution in [-0.4, -0.2) is 57.2 Å². The molecule has 0 radical (unpaired) electrons. The number of aliphatic hydroxyl groups is 2. The molecule has 150 valence electrons. The highest BCUT2D eigenvalue weighted by Gasteiger charge is 2.70. The van der Waals surface area contributed by atoms with E-state index in [1.807, 2.05) is 6.08 Å². The molecule has 6 nitrogen and oxygen atoms in total. The summed E-state index contributed by atoms with van der Waals surface area (Å²) < 4.78 is 6.34. The summed E-state index contributed by atoms with van der Waals surface area (Å²) >= 11 is 0. The first-order chi connectivity index (χ1) is 14.0. The van der Waals surface area contributed by atoms with E-state index in [2.05, 4.69) is 16.9 Å². The fourth-order valence-electron chi connectivity index (χ4n) is 6.53. The third kappa shape index (κ3) is 1.98. The summed E-state index contributed by atoms with van der Waals surface area (Å²) in [6.45, 7) is 0.872. The van der Waals surface area contributed by atoms with Crippen LogP contribution in [0.1, 0.15) is 36.0 Å². The Hall–Kier alpha value is -2.44. The molecule has 2 saturated heterocycles. The largest absolute Gasteiger partial charge is 0.508 e. The van der Waals surface area contributed by atoms with Gasteiger partial charge in [-0.15, -0.1) is 0 Å². The third-order valence-corrected chi connectivity index (χ3v) is 7.83. The number of ketones is 1. The van der Waals surface area contributed by atoms with E-state index in [0.29, 0.717) is 23.8 Å². The fraction of sp³-hybridized carbons (Fsp3) is 0.478. The zero-order chi connectivity index (χ0) is 20.0. The summed E-state index contributed by atoms with van der Waals surface area (Å²) in [6.07, 6.45) is 9.14. The van der Waals surface area contributed by atoms with Crippen LogP contribution in [0, 0.1) is 11.3 Å². The zero-order valence-electron chi connectivity index (χ0n) is 16.3. The lowest BCUT2D eigenvalue weighted by Crippen LogP contribution is -2.66. The molecule has 2 N–H and O–H groups in total. The maximum absolute atomic E-state index is 13.5. The van der Waals surface area contributed by atoms with Gasteiger partial charge in [0.05, 0.1) is 0 Å². The molecule has 2 fully saturated rings. The topological polar surface area (TPSA) is 82.9 Å². The summed E-state index contributed by atoms with van der Waals surface area (Å²) in [5.41, 5.74) is 0.484. The highest BCUT2D eigenvalue weighted by Crippen LogP contribution is 2.67. The van der Waals surface area contributed by atoms with E-state index in [1.165, 1.54) is 11.8 Å². The molecule has 5 aliphatic rings. The van der Waals surface area contributed by atoms with Gasteiger partial charge >= 0.3 is 0 Å². The van der Waals surface area contributed by atoms with E-state index in [-0.39, 0.29) is 11.7 Å². The Morgan fingerprint density at radius 1 is 1.38 bits per heavy atom. The first kappa shape index (κ1) is 17.4. The third-order valence-electron chi connectivity index (χ3n) is 7.83. The highest BCUT2D eigenvalue weighted by atomic mass is 16.5. The number of hydrogen-bond acceptors (Lipinski definition) is 6. The number of ether oxygens (including phenoxy) is 1. The van der Waals surface area contributed by atoms with Crippen LogP contribution in [0.2, 0.25) is 0 Å². The molecule has 2 aliphatic heterocycles. The standard InChI is InChI=1S/C23H24N2O4/c1-25-10-8-22-15-6-7-23(28,20(27)14-3-2-9-24-12-14)21(22)29-19-17(26)5-4-13(18(19)22)11-16(15)25/h2-3,6-7,9,12,15-16,21,26,28H,4-5,8,10-11H2,1H3/t15-,16+,21+,22-,23+/m0/s1. The van der Waals surface area contributed by atoms with E-state index < -0.39 is 22.9 Å². The maximum Gasteiger partial charge on any atom is 0.203 e. The number of pyridine rings is 1. The number of aliphatic hydroxyl groups excluding tert-OH is 1. The summed E-state index contributed by atoms with van der Waals surface area (Å²) in [5.74, 6) is 0.516. The molecule has 0 unspecified atom stereocenters. The van der Waals surface area contributed by atoms with Crippen LogP contribution in [0.25, 0.3) is 0 Å². The van der Waals surface area contributed by atoms with Crippen LogP contribution in [0.3, 0.4) is 0 Å². The second kappa shape index (κ2) is 5.58. The SMILES string of the molecule is CN1CC[C@]23C4=C5CCC(O)=C4O[C@H]2[C@](O)(C(=O)c2cccnc2)C=C[C@H]3[C@H]1C5. The van der Waals surface area contributed by atoms with Gasteiger partial charge in [-0.25, -0.2) is 0 Å². The minimum atomic E-state index is -1.79. The lowest BCUT2D eigenvalue weighted by atomic mass is 9.50. The second-order valence-corrected chi connectivity index (χ2v) is 9.08. The van der Waals surface area contributed by atoms with Crippen molar-refractivity contribution in [2.24, 2.45) is 11.3 Å². The smallest absolute Gasteiger partial charge is 0.203 e. The zero-order valence-corrected chi connectivity index (χ0v) is 16.3. The van der Waals surface area contributed by atoms with Crippen molar-refractivity contribution in [2.75, 3.05) is 13.6 Å². The Bertz CT molecular complexity index is 1010. The Morgan fingerprint density at radius 3 is 3.03 bits per heavy atom. The van der Waals surface area contributed by atoms with E-state index in [4.69, 9.17) is 4.74 Å². The first-order valence-corrected chi connectivity index (χ1v) is 10.4. The van der Waals surface area contributed by atoms with Crippen LogP contribution in [0.4, 0.5) is 0 Å².